The molecule has 0 amide bonds. The highest BCUT2D eigenvalue weighted by molar-refractivity contribution is 5.64. The summed E-state index contributed by atoms with van der Waals surface area (Å²) >= 11 is 0. The molecule has 1 aromatic rings. The zero-order valence-corrected chi connectivity index (χ0v) is 10.5. The smallest absolute Gasteiger partial charge is 0.131 e. The van der Waals surface area contributed by atoms with Crippen molar-refractivity contribution >= 4 is 6.08 Å². The summed E-state index contributed by atoms with van der Waals surface area (Å²) in [4.78, 5) is 0. The van der Waals surface area contributed by atoms with Crippen molar-refractivity contribution in [1.29, 1.82) is 0 Å². The molecule has 1 atom stereocenters. The molecule has 0 aromatic heterocycles. The SMILES string of the molecule is CC(CN)c1cc(F)cc2c1OC(C)(C)C=C2. The molecule has 2 N–H and O–H groups in total. The quantitative estimate of drug-likeness (QED) is 0.855. The number of ether oxygens (including phenoxy) is 1. The Morgan fingerprint density at radius 2 is 2.12 bits per heavy atom. The number of benzene rings is 1. The van der Waals surface area contributed by atoms with Crippen LogP contribution in [0.2, 0.25) is 0 Å². The molecule has 3 heteroatoms. The molecule has 0 spiro atoms. The Morgan fingerprint density at radius 3 is 2.76 bits per heavy atom. The average molecular weight is 235 g/mol. The van der Waals surface area contributed by atoms with Crippen LogP contribution >= 0.6 is 0 Å². The molecule has 0 radical (unpaired) electrons. The van der Waals surface area contributed by atoms with Crippen LogP contribution in [0, 0.1) is 5.82 Å². The third kappa shape index (κ3) is 2.34. The van der Waals surface area contributed by atoms with Gasteiger partial charge in [0.25, 0.3) is 0 Å². The predicted molar refractivity (Wildman–Crippen MR) is 67.6 cm³/mol. The Morgan fingerprint density at radius 1 is 1.41 bits per heavy atom. The van der Waals surface area contributed by atoms with Crippen molar-refractivity contribution in [2.75, 3.05) is 6.54 Å². The molecule has 1 aliphatic rings. The molecule has 1 unspecified atom stereocenters. The van der Waals surface area contributed by atoms with Gasteiger partial charge in [0, 0.05) is 11.1 Å². The van der Waals surface area contributed by atoms with Crippen LogP contribution in [0.4, 0.5) is 4.39 Å². The third-order valence-corrected chi connectivity index (χ3v) is 3.03. The predicted octanol–water partition coefficient (Wildman–Crippen LogP) is 3.07. The van der Waals surface area contributed by atoms with Crippen molar-refractivity contribution in [2.45, 2.75) is 32.3 Å². The molecule has 0 fully saturated rings. The number of hydrogen-bond donors (Lipinski definition) is 1. The molecule has 0 aliphatic carbocycles. The number of hydrogen-bond acceptors (Lipinski definition) is 2. The Kier molecular flexibility index (Phi) is 2.96. The van der Waals surface area contributed by atoms with Gasteiger partial charge in [-0.3, -0.25) is 0 Å². The summed E-state index contributed by atoms with van der Waals surface area (Å²) in [6, 6.07) is 3.01. The molecule has 1 heterocycles. The van der Waals surface area contributed by atoms with Crippen molar-refractivity contribution in [3.05, 3.63) is 35.2 Å². The molecule has 2 rings (SSSR count). The van der Waals surface area contributed by atoms with Gasteiger partial charge in [0.15, 0.2) is 0 Å². The van der Waals surface area contributed by atoms with E-state index in [1.165, 1.54) is 12.1 Å². The van der Waals surface area contributed by atoms with Crippen LogP contribution in [-0.2, 0) is 0 Å². The van der Waals surface area contributed by atoms with E-state index in [0.29, 0.717) is 6.54 Å². The summed E-state index contributed by atoms with van der Waals surface area (Å²) in [5.41, 5.74) is 6.94. The monoisotopic (exact) mass is 235 g/mol. The summed E-state index contributed by atoms with van der Waals surface area (Å²) < 4.78 is 19.4. The van der Waals surface area contributed by atoms with Crippen molar-refractivity contribution < 1.29 is 9.13 Å². The lowest BCUT2D eigenvalue weighted by Gasteiger charge is -2.30. The normalized spacial score (nSPS) is 18.4. The second-order valence-electron chi connectivity index (χ2n) is 5.09. The fourth-order valence-electron chi connectivity index (χ4n) is 1.96. The first-order valence-electron chi connectivity index (χ1n) is 5.85. The van der Waals surface area contributed by atoms with Crippen LogP contribution in [-0.4, -0.2) is 12.1 Å². The Bertz CT molecular complexity index is 466. The molecular formula is C14H18FNO. The fraction of sp³-hybridized carbons (Fsp3) is 0.429. The molecule has 17 heavy (non-hydrogen) atoms. The van der Waals surface area contributed by atoms with Gasteiger partial charge in [0.2, 0.25) is 0 Å². The van der Waals surface area contributed by atoms with E-state index in [-0.39, 0.29) is 17.3 Å². The minimum absolute atomic E-state index is 0.0850. The van der Waals surface area contributed by atoms with E-state index in [1.54, 1.807) is 0 Å². The van der Waals surface area contributed by atoms with Crippen LogP contribution in [0.3, 0.4) is 0 Å². The van der Waals surface area contributed by atoms with Gasteiger partial charge in [-0.1, -0.05) is 13.0 Å². The first-order chi connectivity index (χ1) is 7.93. The Hall–Kier alpha value is -1.35. The summed E-state index contributed by atoms with van der Waals surface area (Å²) in [6.07, 6.45) is 3.85. The number of halogens is 1. The molecule has 0 bridgehead atoms. The van der Waals surface area contributed by atoms with Crippen LogP contribution < -0.4 is 10.5 Å². The Balaban J connectivity index is 2.55. The first-order valence-corrected chi connectivity index (χ1v) is 5.85. The zero-order valence-electron chi connectivity index (χ0n) is 10.5. The molecule has 92 valence electrons. The lowest BCUT2D eigenvalue weighted by Crippen LogP contribution is -2.28. The number of fused-ring (bicyclic) bond motifs is 1. The van der Waals surface area contributed by atoms with Crippen LogP contribution in [0.1, 0.15) is 37.8 Å². The van der Waals surface area contributed by atoms with E-state index in [2.05, 4.69) is 0 Å². The van der Waals surface area contributed by atoms with Gasteiger partial charge in [0.05, 0.1) is 0 Å². The lowest BCUT2D eigenvalue weighted by atomic mass is 9.94. The highest BCUT2D eigenvalue weighted by Gasteiger charge is 2.25. The van der Waals surface area contributed by atoms with Crippen molar-refractivity contribution in [3.63, 3.8) is 0 Å². The van der Waals surface area contributed by atoms with Gasteiger partial charge in [0.1, 0.15) is 17.2 Å². The maximum atomic E-state index is 13.5. The minimum Gasteiger partial charge on any atom is -0.483 e. The molecule has 1 aliphatic heterocycles. The highest BCUT2D eigenvalue weighted by atomic mass is 19.1. The molecular weight excluding hydrogens is 217 g/mol. The van der Waals surface area contributed by atoms with Crippen molar-refractivity contribution in [3.8, 4) is 5.75 Å². The van der Waals surface area contributed by atoms with Crippen LogP contribution in [0.5, 0.6) is 5.75 Å². The van der Waals surface area contributed by atoms with Crippen LogP contribution in [0.25, 0.3) is 6.08 Å². The molecule has 0 saturated carbocycles. The maximum absolute atomic E-state index is 13.5. The maximum Gasteiger partial charge on any atom is 0.131 e. The fourth-order valence-corrected chi connectivity index (χ4v) is 1.96. The topological polar surface area (TPSA) is 35.2 Å². The van der Waals surface area contributed by atoms with Gasteiger partial charge >= 0.3 is 0 Å². The summed E-state index contributed by atoms with van der Waals surface area (Å²) in [5.74, 6) is 0.602. The van der Waals surface area contributed by atoms with Gasteiger partial charge in [-0.15, -0.1) is 0 Å². The lowest BCUT2D eigenvalue weighted by molar-refractivity contribution is 0.156. The zero-order chi connectivity index (χ0) is 12.6. The van der Waals surface area contributed by atoms with E-state index in [9.17, 15) is 4.39 Å². The van der Waals surface area contributed by atoms with Gasteiger partial charge < -0.3 is 10.5 Å². The van der Waals surface area contributed by atoms with Crippen LogP contribution in [0.15, 0.2) is 18.2 Å². The van der Waals surface area contributed by atoms with Crippen molar-refractivity contribution in [2.24, 2.45) is 5.73 Å². The van der Waals surface area contributed by atoms with E-state index in [0.717, 1.165) is 16.9 Å². The van der Waals surface area contributed by atoms with Crippen molar-refractivity contribution in [1.82, 2.24) is 0 Å². The second-order valence-corrected chi connectivity index (χ2v) is 5.09. The van der Waals surface area contributed by atoms with Gasteiger partial charge in [-0.2, -0.15) is 0 Å². The minimum atomic E-state index is -0.353. The summed E-state index contributed by atoms with van der Waals surface area (Å²) in [5, 5.41) is 0. The molecule has 1 aromatic carbocycles. The first kappa shape index (κ1) is 12.1. The van der Waals surface area contributed by atoms with E-state index in [4.69, 9.17) is 10.5 Å². The second kappa shape index (κ2) is 4.15. The third-order valence-electron chi connectivity index (χ3n) is 3.03. The van der Waals surface area contributed by atoms with E-state index in [1.807, 2.05) is 32.9 Å². The highest BCUT2D eigenvalue weighted by Crippen LogP contribution is 2.37. The van der Waals surface area contributed by atoms with Gasteiger partial charge in [-0.05, 0) is 44.5 Å². The van der Waals surface area contributed by atoms with Gasteiger partial charge in [-0.25, -0.2) is 4.39 Å². The summed E-state index contributed by atoms with van der Waals surface area (Å²) in [6.45, 7) is 6.41. The number of nitrogens with two attached hydrogens (primary N) is 1. The number of rotatable bonds is 2. The standard InChI is InChI=1S/C14H18FNO/c1-9(8-16)12-7-11(15)6-10-4-5-14(2,3)17-13(10)12/h4-7,9H,8,16H2,1-3H3. The molecule has 2 nitrogen and oxygen atoms in total. The average Bonchev–Trinajstić information content (AvgIpc) is 2.27. The van der Waals surface area contributed by atoms with E-state index < -0.39 is 0 Å². The Labute approximate surface area is 101 Å². The largest absolute Gasteiger partial charge is 0.483 e. The van der Waals surface area contributed by atoms with E-state index >= 15 is 0 Å². The molecule has 0 saturated heterocycles. The summed E-state index contributed by atoms with van der Waals surface area (Å²) in [7, 11) is 0.